The van der Waals surface area contributed by atoms with Gasteiger partial charge in [0.2, 0.25) is 17.7 Å². The van der Waals surface area contributed by atoms with Crippen molar-refractivity contribution in [3.05, 3.63) is 32.7 Å². The van der Waals surface area contributed by atoms with Crippen LogP contribution in [0.15, 0.2) is 27.1 Å². The third-order valence-corrected chi connectivity index (χ3v) is 8.51. The minimum Gasteiger partial charge on any atom is -0.465 e. The summed E-state index contributed by atoms with van der Waals surface area (Å²) in [5, 5.41) is 34.2. The quantitative estimate of drug-likeness (QED) is 0.164. The smallest absolute Gasteiger partial charge is 0.405 e. The molecule has 0 unspecified atom stereocenters. The summed E-state index contributed by atoms with van der Waals surface area (Å²) >= 11 is 6.91. The van der Waals surface area contributed by atoms with Crippen LogP contribution in [-0.4, -0.2) is 111 Å². The molecule has 1 aromatic carbocycles. The highest BCUT2D eigenvalue weighted by molar-refractivity contribution is 9.11. The molecule has 6 atom stereocenters. The highest BCUT2D eigenvalue weighted by Crippen LogP contribution is 2.37. The first-order valence-corrected chi connectivity index (χ1v) is 14.8. The van der Waals surface area contributed by atoms with Crippen molar-refractivity contribution in [3.63, 3.8) is 0 Å². The summed E-state index contributed by atoms with van der Waals surface area (Å²) in [6.07, 6.45) is -1.90. The molecule has 41 heavy (non-hydrogen) atoms. The van der Waals surface area contributed by atoms with E-state index in [2.05, 4.69) is 37.2 Å². The number of aliphatic hydroxyl groups excluding tert-OH is 2. The molecule has 7 N–H and O–H groups in total. The van der Waals surface area contributed by atoms with E-state index in [4.69, 9.17) is 10.8 Å². The van der Waals surface area contributed by atoms with Gasteiger partial charge >= 0.3 is 6.09 Å². The highest BCUT2D eigenvalue weighted by Gasteiger charge is 2.52. The van der Waals surface area contributed by atoms with Gasteiger partial charge in [-0.1, -0.05) is 31.9 Å². The Morgan fingerprint density at radius 1 is 1.12 bits per heavy atom. The predicted octanol–water partition coefficient (Wildman–Crippen LogP) is 0.127. The maximum absolute atomic E-state index is 14.1. The van der Waals surface area contributed by atoms with Crippen molar-refractivity contribution >= 4 is 62.0 Å². The molecule has 0 bridgehead atoms. The summed E-state index contributed by atoms with van der Waals surface area (Å²) in [4.78, 5) is 65.7. The molecule has 3 rings (SSSR count). The number of aldehydes is 1. The van der Waals surface area contributed by atoms with Crippen molar-refractivity contribution in [2.45, 2.75) is 74.9 Å². The maximum atomic E-state index is 14.1. The Balaban J connectivity index is 1.94. The highest BCUT2D eigenvalue weighted by atomic mass is 79.9. The van der Waals surface area contributed by atoms with E-state index in [0.717, 1.165) is 14.5 Å². The topological polar surface area (TPSA) is 203 Å². The number of likely N-dealkylation sites (tertiary alicyclic amines) is 2. The van der Waals surface area contributed by atoms with E-state index in [1.165, 1.54) is 11.8 Å². The zero-order valence-electron chi connectivity index (χ0n) is 22.5. The third kappa shape index (κ3) is 7.83. The van der Waals surface area contributed by atoms with Crippen molar-refractivity contribution in [1.82, 2.24) is 20.4 Å². The van der Waals surface area contributed by atoms with E-state index >= 15 is 0 Å². The first kappa shape index (κ1) is 32.9. The number of carbonyl (C=O) groups excluding carboxylic acids is 4. The number of carbonyl (C=O) groups is 5. The Hall–Kier alpha value is -2.59. The van der Waals surface area contributed by atoms with E-state index in [-0.39, 0.29) is 31.8 Å². The molecule has 0 saturated carbocycles. The van der Waals surface area contributed by atoms with Crippen LogP contribution in [0, 0.1) is 0 Å². The van der Waals surface area contributed by atoms with Gasteiger partial charge in [-0.2, -0.15) is 0 Å². The second kappa shape index (κ2) is 14.1. The number of hydrogen-bond donors (Lipinski definition) is 6. The lowest BCUT2D eigenvalue weighted by Crippen LogP contribution is -2.65. The number of carboxylic acid groups (broad SMARTS) is 1. The van der Waals surface area contributed by atoms with Crippen molar-refractivity contribution in [2.24, 2.45) is 5.73 Å². The maximum Gasteiger partial charge on any atom is 0.405 e. The SMILES string of the molecule is C[C@@H](O)[C@H](NC(=O)[C@]1(Cc2cc(Br)cc(Br)c2)CCCN1C(=O)[C@@H]1CCCN1C[C@H](O)[C@@H](C=O)NC(=O)O)C(N)=O. The van der Waals surface area contributed by atoms with Crippen molar-refractivity contribution < 1.29 is 39.3 Å². The fourth-order valence-electron chi connectivity index (χ4n) is 5.68. The van der Waals surface area contributed by atoms with E-state index in [1.54, 1.807) is 4.90 Å². The second-order valence-electron chi connectivity index (χ2n) is 10.5. The van der Waals surface area contributed by atoms with Crippen LogP contribution in [-0.2, 0) is 25.6 Å². The van der Waals surface area contributed by atoms with Gasteiger partial charge in [0.25, 0.3) is 0 Å². The lowest BCUT2D eigenvalue weighted by atomic mass is 9.86. The molecule has 0 aromatic heterocycles. The number of nitrogens with two attached hydrogens (primary N) is 1. The molecule has 226 valence electrons. The number of amides is 4. The number of benzene rings is 1. The van der Waals surface area contributed by atoms with Gasteiger partial charge in [-0.05, 0) is 62.9 Å². The fourth-order valence-corrected chi connectivity index (χ4v) is 7.07. The normalized spacial score (nSPS) is 23.8. The standard InChI is InChI=1S/C26H35Br2N5O8/c1-14(35)21(22(29)37)31-24(39)26(11-15-8-16(27)10-17(28)9-15)5-3-7-33(26)23(38)19-4-2-6-32(19)12-20(36)18(13-34)30-25(40)41/h8-10,13-14,18-21,30,35-36H,2-7,11-12H2,1H3,(H2,29,37)(H,31,39)(H,40,41)/t14-,18-,19+,20+,21+,26-/m1/s1. The van der Waals surface area contributed by atoms with E-state index in [1.807, 2.05) is 23.5 Å². The summed E-state index contributed by atoms with van der Waals surface area (Å²) in [7, 11) is 0. The number of nitrogens with one attached hydrogen (secondary N) is 2. The van der Waals surface area contributed by atoms with E-state index < -0.39 is 53.8 Å². The average molecular weight is 705 g/mol. The number of β-amino-alcohol motifs (C(OH)–C–C–N with tert-alkyl or cyclic N) is 1. The predicted molar refractivity (Wildman–Crippen MR) is 154 cm³/mol. The molecule has 2 aliphatic rings. The first-order chi connectivity index (χ1) is 19.3. The Bertz CT molecular complexity index is 1150. The fraction of sp³-hybridized carbons (Fsp3) is 0.577. The van der Waals surface area contributed by atoms with Gasteiger partial charge in [0, 0.05) is 28.5 Å². The number of nitrogens with zero attached hydrogens (tertiary/aromatic N) is 2. The van der Waals surface area contributed by atoms with Gasteiger partial charge in [-0.25, -0.2) is 4.79 Å². The average Bonchev–Trinajstić information content (AvgIpc) is 3.51. The molecule has 2 saturated heterocycles. The Morgan fingerprint density at radius 3 is 2.34 bits per heavy atom. The van der Waals surface area contributed by atoms with Gasteiger partial charge in [-0.3, -0.25) is 19.3 Å². The molecule has 0 aliphatic carbocycles. The van der Waals surface area contributed by atoms with Crippen LogP contribution < -0.4 is 16.4 Å². The van der Waals surface area contributed by atoms with Gasteiger partial charge < -0.3 is 41.4 Å². The van der Waals surface area contributed by atoms with Crippen LogP contribution in [0.1, 0.15) is 38.2 Å². The summed E-state index contributed by atoms with van der Waals surface area (Å²) in [5.41, 5.74) is 4.76. The molecule has 4 amide bonds. The van der Waals surface area contributed by atoms with Crippen molar-refractivity contribution in [1.29, 1.82) is 0 Å². The summed E-state index contributed by atoms with van der Waals surface area (Å²) < 4.78 is 1.51. The minimum absolute atomic E-state index is 0.110. The largest absolute Gasteiger partial charge is 0.465 e. The number of hydrogen-bond acceptors (Lipinski definition) is 8. The second-order valence-corrected chi connectivity index (χ2v) is 12.3. The molecule has 2 aliphatic heterocycles. The Morgan fingerprint density at radius 2 is 1.78 bits per heavy atom. The Kier molecular flexibility index (Phi) is 11.3. The molecular formula is C26H35Br2N5O8. The zero-order chi connectivity index (χ0) is 30.5. The van der Waals surface area contributed by atoms with Gasteiger partial charge in [0.15, 0.2) is 0 Å². The molecular weight excluding hydrogens is 670 g/mol. The van der Waals surface area contributed by atoms with Gasteiger partial charge in [0.1, 0.15) is 23.9 Å². The van der Waals surface area contributed by atoms with Crippen LogP contribution >= 0.6 is 31.9 Å². The van der Waals surface area contributed by atoms with E-state index in [0.29, 0.717) is 32.1 Å². The van der Waals surface area contributed by atoms with E-state index in [9.17, 15) is 34.2 Å². The summed E-state index contributed by atoms with van der Waals surface area (Å²) in [5.74, 6) is -1.90. The molecule has 0 spiro atoms. The lowest BCUT2D eigenvalue weighted by molar-refractivity contribution is -0.149. The van der Waals surface area contributed by atoms with Crippen LogP contribution in [0.25, 0.3) is 0 Å². The number of primary amides is 1. The van der Waals surface area contributed by atoms with Gasteiger partial charge in [-0.15, -0.1) is 0 Å². The molecule has 0 radical (unpaired) electrons. The molecule has 1 aromatic rings. The van der Waals surface area contributed by atoms with Crippen LogP contribution in [0.3, 0.4) is 0 Å². The number of halogens is 2. The molecule has 2 heterocycles. The minimum atomic E-state index is -1.46. The van der Waals surface area contributed by atoms with Gasteiger partial charge in [0.05, 0.1) is 18.2 Å². The lowest BCUT2D eigenvalue weighted by Gasteiger charge is -2.41. The van der Waals surface area contributed by atoms with Crippen LogP contribution in [0.5, 0.6) is 0 Å². The van der Waals surface area contributed by atoms with Crippen molar-refractivity contribution in [2.75, 3.05) is 19.6 Å². The zero-order valence-corrected chi connectivity index (χ0v) is 25.6. The van der Waals surface area contributed by atoms with Crippen molar-refractivity contribution in [3.8, 4) is 0 Å². The molecule has 2 fully saturated rings. The van der Waals surface area contributed by atoms with Crippen LogP contribution in [0.4, 0.5) is 4.79 Å². The number of rotatable bonds is 12. The number of aliphatic hydroxyl groups is 2. The molecule has 15 heteroatoms. The third-order valence-electron chi connectivity index (χ3n) is 7.59. The first-order valence-electron chi connectivity index (χ1n) is 13.2. The molecule has 13 nitrogen and oxygen atoms in total. The van der Waals surface area contributed by atoms with Crippen LogP contribution in [0.2, 0.25) is 0 Å². The summed E-state index contributed by atoms with van der Waals surface area (Å²) in [6, 6.07) is 2.01. The monoisotopic (exact) mass is 703 g/mol. The Labute approximate surface area is 254 Å². The summed E-state index contributed by atoms with van der Waals surface area (Å²) in [6.45, 7) is 1.86.